The van der Waals surface area contributed by atoms with Crippen LogP contribution in [-0.2, 0) is 0 Å². The minimum atomic E-state index is 0.568. The fourth-order valence-electron chi connectivity index (χ4n) is 2.55. The number of rotatable bonds is 8. The number of benzene rings is 2. The number of hydrogen-bond donors (Lipinski definition) is 0. The normalized spacial score (nSPS) is 11.2. The Morgan fingerprint density at radius 3 is 2.68 bits per heavy atom. The molecule has 0 N–H and O–H groups in total. The largest absolute Gasteiger partial charge is 0.492 e. The van der Waals surface area contributed by atoms with Gasteiger partial charge in [-0.15, -0.1) is 11.3 Å². The van der Waals surface area contributed by atoms with E-state index in [0.717, 1.165) is 35.6 Å². The molecule has 6 heteroatoms. The predicted octanol–water partition coefficient (Wildman–Crippen LogP) is 5.46. The monoisotopic (exact) mass is 376 g/mol. The lowest BCUT2D eigenvalue weighted by atomic mass is 10.3. The van der Waals surface area contributed by atoms with Crippen molar-refractivity contribution in [1.29, 1.82) is 0 Å². The van der Waals surface area contributed by atoms with Crippen LogP contribution in [0.1, 0.15) is 13.8 Å². The maximum Gasteiger partial charge on any atom is 0.158 e. The SMILES string of the molecule is CCN(CC)CCOc1cc(Oc2ccccc2Cl)c2ncsc2c1. The number of ether oxygens (including phenoxy) is 2. The first-order valence-corrected chi connectivity index (χ1v) is 9.61. The maximum absolute atomic E-state index is 6.21. The second-order valence-electron chi connectivity index (χ2n) is 5.53. The zero-order valence-electron chi connectivity index (χ0n) is 14.4. The van der Waals surface area contributed by atoms with Crippen LogP contribution in [0.25, 0.3) is 10.2 Å². The highest BCUT2D eigenvalue weighted by Gasteiger charge is 2.12. The molecular weight excluding hydrogens is 356 g/mol. The predicted molar refractivity (Wildman–Crippen MR) is 104 cm³/mol. The van der Waals surface area contributed by atoms with Crippen LogP contribution in [0, 0.1) is 0 Å². The zero-order valence-corrected chi connectivity index (χ0v) is 15.9. The number of halogens is 1. The Morgan fingerprint density at radius 2 is 1.92 bits per heavy atom. The van der Waals surface area contributed by atoms with Crippen molar-refractivity contribution in [2.24, 2.45) is 0 Å². The molecule has 2 aromatic carbocycles. The summed E-state index contributed by atoms with van der Waals surface area (Å²) in [6.07, 6.45) is 0. The second-order valence-corrected chi connectivity index (χ2v) is 6.82. The molecular formula is C19H21ClN2O2S. The molecule has 1 aromatic heterocycles. The third-order valence-electron chi connectivity index (χ3n) is 4.00. The van der Waals surface area contributed by atoms with Crippen molar-refractivity contribution in [3.63, 3.8) is 0 Å². The Labute approximate surface area is 157 Å². The molecule has 0 radical (unpaired) electrons. The lowest BCUT2D eigenvalue weighted by molar-refractivity contribution is 0.222. The quantitative estimate of drug-likeness (QED) is 0.522. The number of thiazole rings is 1. The van der Waals surface area contributed by atoms with Crippen molar-refractivity contribution in [3.8, 4) is 17.2 Å². The number of fused-ring (bicyclic) bond motifs is 1. The molecule has 0 bridgehead atoms. The molecule has 0 unspecified atom stereocenters. The summed E-state index contributed by atoms with van der Waals surface area (Å²) in [6, 6.07) is 11.3. The number of likely N-dealkylation sites (N-methyl/N-ethyl adjacent to an activating group) is 1. The standard InChI is InChI=1S/C19H21ClN2O2S/c1-3-22(4-2)9-10-23-14-11-17(19-18(12-14)25-13-21-19)24-16-8-6-5-7-15(16)20/h5-8,11-13H,3-4,9-10H2,1-2H3. The molecule has 0 aliphatic heterocycles. The molecule has 0 aliphatic carbocycles. The van der Waals surface area contributed by atoms with Gasteiger partial charge in [0.25, 0.3) is 0 Å². The summed E-state index contributed by atoms with van der Waals surface area (Å²) < 4.78 is 13.0. The van der Waals surface area contributed by atoms with Crippen LogP contribution in [0.2, 0.25) is 5.02 Å². The van der Waals surface area contributed by atoms with Crippen molar-refractivity contribution in [2.45, 2.75) is 13.8 Å². The lowest BCUT2D eigenvalue weighted by Gasteiger charge is -2.18. The number of nitrogens with zero attached hydrogens (tertiary/aromatic N) is 2. The van der Waals surface area contributed by atoms with E-state index in [4.69, 9.17) is 21.1 Å². The van der Waals surface area contributed by atoms with E-state index in [-0.39, 0.29) is 0 Å². The first kappa shape index (κ1) is 18.0. The average Bonchev–Trinajstić information content (AvgIpc) is 3.09. The van der Waals surface area contributed by atoms with Gasteiger partial charge in [0.05, 0.1) is 15.2 Å². The molecule has 0 saturated carbocycles. The Balaban J connectivity index is 1.80. The van der Waals surface area contributed by atoms with E-state index < -0.39 is 0 Å². The van der Waals surface area contributed by atoms with Gasteiger partial charge >= 0.3 is 0 Å². The van der Waals surface area contributed by atoms with E-state index in [9.17, 15) is 0 Å². The summed E-state index contributed by atoms with van der Waals surface area (Å²) in [5.74, 6) is 2.05. The molecule has 1 heterocycles. The molecule has 0 spiro atoms. The van der Waals surface area contributed by atoms with Gasteiger partial charge < -0.3 is 14.4 Å². The Bertz CT molecular complexity index is 833. The molecule has 3 aromatic rings. The smallest absolute Gasteiger partial charge is 0.158 e. The van der Waals surface area contributed by atoms with Gasteiger partial charge in [-0.1, -0.05) is 37.6 Å². The number of hydrogen-bond acceptors (Lipinski definition) is 5. The summed E-state index contributed by atoms with van der Waals surface area (Å²) in [6.45, 7) is 7.89. The van der Waals surface area contributed by atoms with Crippen LogP contribution in [-0.4, -0.2) is 36.1 Å². The fraction of sp³-hybridized carbons (Fsp3) is 0.316. The molecule has 0 fully saturated rings. The van der Waals surface area contributed by atoms with E-state index in [2.05, 4.69) is 23.7 Å². The van der Waals surface area contributed by atoms with Crippen molar-refractivity contribution in [1.82, 2.24) is 9.88 Å². The van der Waals surface area contributed by atoms with Gasteiger partial charge in [-0.3, -0.25) is 0 Å². The maximum atomic E-state index is 6.21. The summed E-state index contributed by atoms with van der Waals surface area (Å²) in [4.78, 5) is 6.73. The minimum Gasteiger partial charge on any atom is -0.492 e. The van der Waals surface area contributed by atoms with Crippen LogP contribution in [0.5, 0.6) is 17.2 Å². The van der Waals surface area contributed by atoms with Crippen LogP contribution >= 0.6 is 22.9 Å². The molecule has 0 atom stereocenters. The van der Waals surface area contributed by atoms with Crippen molar-refractivity contribution >= 4 is 33.2 Å². The van der Waals surface area contributed by atoms with Crippen LogP contribution in [0.4, 0.5) is 0 Å². The molecule has 132 valence electrons. The third kappa shape index (κ3) is 4.42. The summed E-state index contributed by atoms with van der Waals surface area (Å²) in [5, 5.41) is 0.568. The van der Waals surface area contributed by atoms with Gasteiger partial charge in [0.1, 0.15) is 23.6 Å². The number of para-hydroxylation sites is 1. The molecule has 4 nitrogen and oxygen atoms in total. The van der Waals surface area contributed by atoms with Gasteiger partial charge in [0.2, 0.25) is 0 Å². The van der Waals surface area contributed by atoms with Gasteiger partial charge in [0, 0.05) is 12.6 Å². The van der Waals surface area contributed by atoms with Crippen molar-refractivity contribution < 1.29 is 9.47 Å². The van der Waals surface area contributed by atoms with Crippen molar-refractivity contribution in [3.05, 3.63) is 46.9 Å². The van der Waals surface area contributed by atoms with Crippen LogP contribution in [0.15, 0.2) is 41.9 Å². The molecule has 0 saturated heterocycles. The average molecular weight is 377 g/mol. The molecule has 0 aliphatic rings. The molecule has 0 amide bonds. The van der Waals surface area contributed by atoms with E-state index in [0.29, 0.717) is 23.1 Å². The second kappa shape index (κ2) is 8.52. The summed E-state index contributed by atoms with van der Waals surface area (Å²) in [5.41, 5.74) is 2.63. The van der Waals surface area contributed by atoms with Gasteiger partial charge in [-0.25, -0.2) is 4.98 Å². The highest BCUT2D eigenvalue weighted by Crippen LogP contribution is 2.37. The summed E-state index contributed by atoms with van der Waals surface area (Å²) >= 11 is 7.77. The van der Waals surface area contributed by atoms with Crippen molar-refractivity contribution in [2.75, 3.05) is 26.2 Å². The Morgan fingerprint density at radius 1 is 1.12 bits per heavy atom. The van der Waals surface area contributed by atoms with E-state index >= 15 is 0 Å². The van der Waals surface area contributed by atoms with Gasteiger partial charge in [-0.2, -0.15) is 0 Å². The first-order chi connectivity index (χ1) is 12.2. The van der Waals surface area contributed by atoms with Crippen LogP contribution in [0.3, 0.4) is 0 Å². The third-order valence-corrected chi connectivity index (χ3v) is 5.09. The first-order valence-electron chi connectivity index (χ1n) is 8.36. The molecule has 3 rings (SSSR count). The highest BCUT2D eigenvalue weighted by atomic mass is 35.5. The zero-order chi connectivity index (χ0) is 17.6. The fourth-order valence-corrected chi connectivity index (χ4v) is 3.45. The Kier molecular flexibility index (Phi) is 6.13. The van der Waals surface area contributed by atoms with E-state index in [1.807, 2.05) is 35.8 Å². The van der Waals surface area contributed by atoms with E-state index in [1.165, 1.54) is 0 Å². The van der Waals surface area contributed by atoms with Gasteiger partial charge in [0.15, 0.2) is 5.75 Å². The topological polar surface area (TPSA) is 34.6 Å². The Hall–Kier alpha value is -1.82. The highest BCUT2D eigenvalue weighted by molar-refractivity contribution is 7.16. The lowest BCUT2D eigenvalue weighted by Crippen LogP contribution is -2.27. The number of aromatic nitrogens is 1. The summed E-state index contributed by atoms with van der Waals surface area (Å²) in [7, 11) is 0. The molecule has 25 heavy (non-hydrogen) atoms. The van der Waals surface area contributed by atoms with E-state index in [1.54, 1.807) is 17.4 Å². The van der Waals surface area contributed by atoms with Crippen LogP contribution < -0.4 is 9.47 Å². The minimum absolute atomic E-state index is 0.568. The van der Waals surface area contributed by atoms with Gasteiger partial charge in [-0.05, 0) is 31.3 Å².